The van der Waals surface area contributed by atoms with Gasteiger partial charge < -0.3 is 10.4 Å². The van der Waals surface area contributed by atoms with Gasteiger partial charge in [-0.25, -0.2) is 4.79 Å². The predicted octanol–water partition coefficient (Wildman–Crippen LogP) is 5.17. The van der Waals surface area contributed by atoms with Gasteiger partial charge in [-0.15, -0.1) is 11.3 Å². The lowest BCUT2D eigenvalue weighted by atomic mass is 9.83. The number of benzene rings is 2. The van der Waals surface area contributed by atoms with E-state index in [2.05, 4.69) is 17.4 Å². The van der Waals surface area contributed by atoms with E-state index in [0.717, 1.165) is 24.0 Å². The number of carboxylic acids is 1. The molecule has 0 aliphatic heterocycles. The molecule has 1 unspecified atom stereocenters. The molecule has 1 heterocycles. The summed E-state index contributed by atoms with van der Waals surface area (Å²) in [6, 6.07) is 15.9. The second kappa shape index (κ2) is 7.60. The van der Waals surface area contributed by atoms with Crippen molar-refractivity contribution >= 4 is 28.2 Å². The highest BCUT2D eigenvalue weighted by atomic mass is 32.1. The maximum absolute atomic E-state index is 12.8. The van der Waals surface area contributed by atoms with E-state index >= 15 is 0 Å². The molecule has 4 nitrogen and oxygen atoms in total. The maximum Gasteiger partial charge on any atom is 0.339 e. The fourth-order valence-corrected chi connectivity index (χ4v) is 4.71. The molecule has 1 aromatic heterocycles. The third-order valence-electron chi connectivity index (χ3n) is 5.32. The van der Waals surface area contributed by atoms with Crippen molar-refractivity contribution in [3.63, 3.8) is 0 Å². The molecule has 0 bridgehead atoms. The van der Waals surface area contributed by atoms with Crippen LogP contribution in [-0.2, 0) is 17.6 Å². The van der Waals surface area contributed by atoms with Crippen molar-refractivity contribution in [2.75, 3.05) is 5.32 Å². The smallest absolute Gasteiger partial charge is 0.339 e. The lowest BCUT2D eigenvalue weighted by Crippen LogP contribution is -2.28. The first-order valence-electron chi connectivity index (χ1n) is 9.32. The van der Waals surface area contributed by atoms with Crippen molar-refractivity contribution in [2.24, 2.45) is 5.92 Å². The summed E-state index contributed by atoms with van der Waals surface area (Å²) < 4.78 is 0. The van der Waals surface area contributed by atoms with Crippen LogP contribution < -0.4 is 5.32 Å². The van der Waals surface area contributed by atoms with Crippen LogP contribution in [0.25, 0.3) is 11.1 Å². The summed E-state index contributed by atoms with van der Waals surface area (Å²) in [5.74, 6) is -1.27. The number of hydrogen-bond donors (Lipinski definition) is 2. The summed E-state index contributed by atoms with van der Waals surface area (Å²) in [4.78, 5) is 24.8. The number of aromatic carboxylic acids is 1. The highest BCUT2D eigenvalue weighted by Gasteiger charge is 2.27. The van der Waals surface area contributed by atoms with Crippen LogP contribution in [0.2, 0.25) is 0 Å². The third kappa shape index (κ3) is 3.58. The molecule has 0 spiro atoms. The van der Waals surface area contributed by atoms with Gasteiger partial charge in [-0.05, 0) is 42.9 Å². The van der Waals surface area contributed by atoms with Gasteiger partial charge >= 0.3 is 5.97 Å². The second-order valence-corrected chi connectivity index (χ2v) is 8.10. The van der Waals surface area contributed by atoms with E-state index in [4.69, 9.17) is 0 Å². The minimum absolute atomic E-state index is 0.102. The van der Waals surface area contributed by atoms with Gasteiger partial charge in [-0.3, -0.25) is 4.79 Å². The normalized spacial score (nSPS) is 15.7. The topological polar surface area (TPSA) is 66.4 Å². The van der Waals surface area contributed by atoms with Crippen LogP contribution in [0.4, 0.5) is 5.00 Å². The number of carbonyl (C=O) groups is 2. The summed E-state index contributed by atoms with van der Waals surface area (Å²) in [7, 11) is 0. The number of aryl methyl sites for hydroxylation is 2. The summed E-state index contributed by atoms with van der Waals surface area (Å²) in [5, 5.41) is 14.9. The van der Waals surface area contributed by atoms with E-state index < -0.39 is 5.97 Å². The number of amides is 1. The maximum atomic E-state index is 12.8. The average molecular weight is 391 g/mol. The van der Waals surface area contributed by atoms with Crippen molar-refractivity contribution in [1.29, 1.82) is 0 Å². The Labute approximate surface area is 167 Å². The number of carbonyl (C=O) groups excluding carboxylic acids is 1. The Morgan fingerprint density at radius 3 is 2.50 bits per heavy atom. The zero-order valence-electron chi connectivity index (χ0n) is 15.6. The molecular formula is C23H21NO3S. The standard InChI is InChI=1S/C23H21NO3S/c1-14-6-8-16(9-7-14)19-13-28-22(20(19)23(26)27)24-21(25)18-11-10-15-4-2-3-5-17(15)12-18/h2-9,13,18H,10-12H2,1H3,(H,24,25)(H,26,27). The molecule has 4 rings (SSSR count). The van der Waals surface area contributed by atoms with Gasteiger partial charge in [0, 0.05) is 16.9 Å². The molecule has 28 heavy (non-hydrogen) atoms. The monoisotopic (exact) mass is 391 g/mol. The Balaban J connectivity index is 1.57. The first-order chi connectivity index (χ1) is 13.5. The van der Waals surface area contributed by atoms with Crippen LogP contribution in [0.5, 0.6) is 0 Å². The second-order valence-electron chi connectivity index (χ2n) is 7.22. The van der Waals surface area contributed by atoms with Crippen LogP contribution in [0.3, 0.4) is 0 Å². The molecule has 142 valence electrons. The van der Waals surface area contributed by atoms with Crippen LogP contribution in [0.15, 0.2) is 53.9 Å². The number of fused-ring (bicyclic) bond motifs is 1. The predicted molar refractivity (Wildman–Crippen MR) is 112 cm³/mol. The van der Waals surface area contributed by atoms with Crippen molar-refractivity contribution in [2.45, 2.75) is 26.2 Å². The number of anilines is 1. The number of rotatable bonds is 4. The van der Waals surface area contributed by atoms with Crippen molar-refractivity contribution < 1.29 is 14.7 Å². The number of hydrogen-bond acceptors (Lipinski definition) is 3. The Morgan fingerprint density at radius 2 is 1.79 bits per heavy atom. The number of thiophene rings is 1. The molecule has 1 atom stereocenters. The summed E-state index contributed by atoms with van der Waals surface area (Å²) in [6.45, 7) is 1.99. The molecule has 2 aromatic carbocycles. The minimum atomic E-state index is -1.03. The van der Waals surface area contributed by atoms with Crippen LogP contribution >= 0.6 is 11.3 Å². The average Bonchev–Trinajstić information content (AvgIpc) is 3.12. The first kappa shape index (κ1) is 18.4. The minimum Gasteiger partial charge on any atom is -0.478 e. The van der Waals surface area contributed by atoms with Crippen molar-refractivity contribution in [3.05, 3.63) is 76.2 Å². The zero-order chi connectivity index (χ0) is 19.7. The molecule has 5 heteroatoms. The molecule has 0 radical (unpaired) electrons. The zero-order valence-corrected chi connectivity index (χ0v) is 16.4. The highest BCUT2D eigenvalue weighted by molar-refractivity contribution is 7.15. The van der Waals surface area contributed by atoms with E-state index in [1.54, 1.807) is 5.38 Å². The van der Waals surface area contributed by atoms with Crippen molar-refractivity contribution in [1.82, 2.24) is 0 Å². The summed E-state index contributed by atoms with van der Waals surface area (Å²) >= 11 is 1.27. The fraction of sp³-hybridized carbons (Fsp3) is 0.217. The van der Waals surface area contributed by atoms with Gasteiger partial charge in [-0.1, -0.05) is 54.1 Å². The van der Waals surface area contributed by atoms with Gasteiger partial charge in [0.15, 0.2) is 0 Å². The molecule has 1 aliphatic rings. The fourth-order valence-electron chi connectivity index (χ4n) is 3.74. The SMILES string of the molecule is Cc1ccc(-c2csc(NC(=O)C3CCc4ccccc4C3)c2C(=O)O)cc1. The number of carboxylic acid groups (broad SMARTS) is 1. The summed E-state index contributed by atoms with van der Waals surface area (Å²) in [6.07, 6.45) is 2.35. The molecule has 0 saturated carbocycles. The van der Waals surface area contributed by atoms with Crippen LogP contribution in [0.1, 0.15) is 33.5 Å². The van der Waals surface area contributed by atoms with E-state index in [-0.39, 0.29) is 17.4 Å². The quantitative estimate of drug-likeness (QED) is 0.645. The number of nitrogens with one attached hydrogen (secondary N) is 1. The molecule has 0 saturated heterocycles. The van der Waals surface area contributed by atoms with E-state index in [1.807, 2.05) is 43.3 Å². The molecule has 3 aromatic rings. The van der Waals surface area contributed by atoms with E-state index in [9.17, 15) is 14.7 Å². The molecule has 1 amide bonds. The lowest BCUT2D eigenvalue weighted by Gasteiger charge is -2.23. The molecule has 1 aliphatic carbocycles. The van der Waals surface area contributed by atoms with Crippen LogP contribution in [-0.4, -0.2) is 17.0 Å². The Kier molecular flexibility index (Phi) is 5.01. The molecule has 0 fully saturated rings. The van der Waals surface area contributed by atoms with Crippen molar-refractivity contribution in [3.8, 4) is 11.1 Å². The van der Waals surface area contributed by atoms with Gasteiger partial charge in [0.25, 0.3) is 0 Å². The van der Waals surface area contributed by atoms with Gasteiger partial charge in [-0.2, -0.15) is 0 Å². The van der Waals surface area contributed by atoms with Gasteiger partial charge in [0.2, 0.25) is 5.91 Å². The van der Waals surface area contributed by atoms with Gasteiger partial charge in [0.05, 0.1) is 0 Å². The van der Waals surface area contributed by atoms with Crippen LogP contribution in [0, 0.1) is 12.8 Å². The summed E-state index contributed by atoms with van der Waals surface area (Å²) in [5.41, 5.74) is 5.27. The third-order valence-corrected chi connectivity index (χ3v) is 6.22. The lowest BCUT2D eigenvalue weighted by molar-refractivity contribution is -0.120. The van der Waals surface area contributed by atoms with E-state index in [0.29, 0.717) is 17.0 Å². The Morgan fingerprint density at radius 1 is 1.07 bits per heavy atom. The molecular weight excluding hydrogens is 370 g/mol. The highest BCUT2D eigenvalue weighted by Crippen LogP contribution is 2.36. The van der Waals surface area contributed by atoms with Gasteiger partial charge in [0.1, 0.15) is 10.6 Å². The molecule has 2 N–H and O–H groups in total. The Bertz CT molecular complexity index is 1040. The first-order valence-corrected chi connectivity index (χ1v) is 10.2. The Hall–Kier alpha value is -2.92. The van der Waals surface area contributed by atoms with E-state index in [1.165, 1.54) is 22.5 Å². The largest absolute Gasteiger partial charge is 0.478 e.